The fraction of sp³-hybridized carbons (Fsp3) is 0.355. The number of rotatable bonds is 11. The second-order valence-corrected chi connectivity index (χ2v) is 13.4. The van der Waals surface area contributed by atoms with Crippen LogP contribution in [0.1, 0.15) is 37.5 Å². The largest absolute Gasteiger partial charge is 0.495 e. The number of nitrogens with one attached hydrogen (secondary N) is 1. The standard InChI is InChI=1S/C31H38ClN3O5S/c1-22-11-10-14-24(17-22)20-34(27(30(37)33-31(2,3)4)18-23-12-8-7-9-13-23)29(36)21-35(41(6,38)39)25-15-16-28(40-5)26(32)19-25/h7-17,19,27H,18,20-21H2,1-6H3,(H,33,37). The van der Waals surface area contributed by atoms with Gasteiger partial charge < -0.3 is 15.0 Å². The molecule has 0 aromatic heterocycles. The molecule has 0 fully saturated rings. The highest BCUT2D eigenvalue weighted by Crippen LogP contribution is 2.30. The van der Waals surface area contributed by atoms with Gasteiger partial charge in [-0.25, -0.2) is 8.42 Å². The molecule has 41 heavy (non-hydrogen) atoms. The number of amides is 2. The van der Waals surface area contributed by atoms with E-state index in [1.165, 1.54) is 24.1 Å². The minimum Gasteiger partial charge on any atom is -0.495 e. The van der Waals surface area contributed by atoms with E-state index in [-0.39, 0.29) is 29.6 Å². The first-order chi connectivity index (χ1) is 19.2. The molecule has 1 atom stereocenters. The van der Waals surface area contributed by atoms with Crippen molar-refractivity contribution in [2.45, 2.75) is 52.2 Å². The molecule has 0 radical (unpaired) electrons. The maximum Gasteiger partial charge on any atom is 0.244 e. The molecule has 0 saturated carbocycles. The summed E-state index contributed by atoms with van der Waals surface area (Å²) in [5.41, 5.74) is 2.34. The number of hydrogen-bond donors (Lipinski definition) is 1. The molecule has 0 bridgehead atoms. The second-order valence-electron chi connectivity index (χ2n) is 11.0. The van der Waals surface area contributed by atoms with Crippen molar-refractivity contribution in [3.8, 4) is 5.75 Å². The molecule has 0 spiro atoms. The summed E-state index contributed by atoms with van der Waals surface area (Å²) in [6, 6.07) is 20.7. The Morgan fingerprint density at radius 3 is 2.20 bits per heavy atom. The second kappa shape index (κ2) is 13.4. The van der Waals surface area contributed by atoms with Crippen molar-refractivity contribution in [3.63, 3.8) is 0 Å². The minimum absolute atomic E-state index is 0.108. The molecule has 1 N–H and O–H groups in total. The molecule has 8 nitrogen and oxygen atoms in total. The van der Waals surface area contributed by atoms with Gasteiger partial charge in [-0.3, -0.25) is 13.9 Å². The molecule has 220 valence electrons. The molecular formula is C31H38ClN3O5S. The molecule has 3 aromatic carbocycles. The van der Waals surface area contributed by atoms with Crippen LogP contribution in [0.4, 0.5) is 5.69 Å². The van der Waals surface area contributed by atoms with Crippen LogP contribution in [0, 0.1) is 6.92 Å². The van der Waals surface area contributed by atoms with Crippen LogP contribution >= 0.6 is 11.6 Å². The smallest absolute Gasteiger partial charge is 0.244 e. The maximum absolute atomic E-state index is 14.2. The van der Waals surface area contributed by atoms with E-state index >= 15 is 0 Å². The molecule has 2 amide bonds. The first-order valence-electron chi connectivity index (χ1n) is 13.2. The number of benzene rings is 3. The van der Waals surface area contributed by atoms with E-state index in [0.717, 1.165) is 27.3 Å². The van der Waals surface area contributed by atoms with Gasteiger partial charge in [-0.2, -0.15) is 0 Å². The van der Waals surface area contributed by atoms with Crippen LogP contribution in [-0.2, 0) is 32.6 Å². The van der Waals surface area contributed by atoms with Crippen LogP contribution in [0.2, 0.25) is 5.02 Å². The van der Waals surface area contributed by atoms with Crippen LogP contribution in [0.5, 0.6) is 5.75 Å². The predicted octanol–water partition coefficient (Wildman–Crippen LogP) is 4.98. The Hall–Kier alpha value is -3.56. The Morgan fingerprint density at radius 1 is 0.976 bits per heavy atom. The zero-order chi connectivity index (χ0) is 30.4. The lowest BCUT2D eigenvalue weighted by molar-refractivity contribution is -0.140. The molecule has 3 aromatic rings. The highest BCUT2D eigenvalue weighted by Gasteiger charge is 2.34. The SMILES string of the molecule is COc1ccc(N(CC(=O)N(Cc2cccc(C)c2)C(Cc2ccccc2)C(=O)NC(C)(C)C)S(C)(=O)=O)cc1Cl. The Morgan fingerprint density at radius 2 is 1.63 bits per heavy atom. The maximum atomic E-state index is 14.2. The van der Waals surface area contributed by atoms with Gasteiger partial charge in [-0.05, 0) is 57.0 Å². The topological polar surface area (TPSA) is 96.0 Å². The van der Waals surface area contributed by atoms with Gasteiger partial charge in [0.15, 0.2) is 0 Å². The zero-order valence-corrected chi connectivity index (χ0v) is 25.9. The monoisotopic (exact) mass is 599 g/mol. The predicted molar refractivity (Wildman–Crippen MR) is 164 cm³/mol. The number of hydrogen-bond acceptors (Lipinski definition) is 5. The van der Waals surface area contributed by atoms with Crippen LogP contribution in [0.3, 0.4) is 0 Å². The van der Waals surface area contributed by atoms with Crippen molar-refractivity contribution in [1.82, 2.24) is 10.2 Å². The summed E-state index contributed by atoms with van der Waals surface area (Å²) >= 11 is 6.29. The van der Waals surface area contributed by atoms with Gasteiger partial charge in [0.1, 0.15) is 18.3 Å². The van der Waals surface area contributed by atoms with E-state index in [9.17, 15) is 18.0 Å². The normalized spacial score (nSPS) is 12.4. The number of carbonyl (C=O) groups is 2. The van der Waals surface area contributed by atoms with Gasteiger partial charge in [0, 0.05) is 18.5 Å². The number of sulfonamides is 1. The molecule has 0 aliphatic carbocycles. The van der Waals surface area contributed by atoms with E-state index in [1.807, 2.05) is 82.3 Å². The molecule has 10 heteroatoms. The fourth-order valence-electron chi connectivity index (χ4n) is 4.44. The average molecular weight is 600 g/mol. The fourth-order valence-corrected chi connectivity index (χ4v) is 5.53. The molecule has 0 heterocycles. The van der Waals surface area contributed by atoms with E-state index in [4.69, 9.17) is 16.3 Å². The summed E-state index contributed by atoms with van der Waals surface area (Å²) in [4.78, 5) is 29.4. The lowest BCUT2D eigenvalue weighted by Gasteiger charge is -2.35. The Kier molecular flexibility index (Phi) is 10.4. The summed E-state index contributed by atoms with van der Waals surface area (Å²) < 4.78 is 32.1. The Bertz CT molecular complexity index is 1470. The summed E-state index contributed by atoms with van der Waals surface area (Å²) in [6.07, 6.45) is 1.27. The van der Waals surface area contributed by atoms with Crippen molar-refractivity contribution >= 4 is 39.1 Å². The van der Waals surface area contributed by atoms with E-state index in [1.54, 1.807) is 6.07 Å². The van der Waals surface area contributed by atoms with Gasteiger partial charge in [0.25, 0.3) is 0 Å². The number of anilines is 1. The van der Waals surface area contributed by atoms with Crippen molar-refractivity contribution in [2.24, 2.45) is 0 Å². The number of carbonyl (C=O) groups excluding carboxylic acids is 2. The summed E-state index contributed by atoms with van der Waals surface area (Å²) in [7, 11) is -2.45. The van der Waals surface area contributed by atoms with E-state index < -0.39 is 34.1 Å². The van der Waals surface area contributed by atoms with E-state index in [2.05, 4.69) is 5.32 Å². The van der Waals surface area contributed by atoms with Crippen LogP contribution < -0.4 is 14.4 Å². The summed E-state index contributed by atoms with van der Waals surface area (Å²) in [5.74, 6) is -0.493. The first-order valence-corrected chi connectivity index (χ1v) is 15.4. The third-order valence-corrected chi connectivity index (χ3v) is 7.74. The van der Waals surface area contributed by atoms with Crippen LogP contribution in [0.15, 0.2) is 72.8 Å². The average Bonchev–Trinajstić information content (AvgIpc) is 2.88. The zero-order valence-electron chi connectivity index (χ0n) is 24.3. The van der Waals surface area contributed by atoms with Gasteiger partial charge >= 0.3 is 0 Å². The van der Waals surface area contributed by atoms with Crippen molar-refractivity contribution in [1.29, 1.82) is 0 Å². The number of halogens is 1. The van der Waals surface area contributed by atoms with Crippen LogP contribution in [-0.4, -0.2) is 56.6 Å². The van der Waals surface area contributed by atoms with Gasteiger partial charge in [-0.1, -0.05) is 71.8 Å². The highest BCUT2D eigenvalue weighted by molar-refractivity contribution is 7.92. The van der Waals surface area contributed by atoms with Crippen molar-refractivity contribution < 1.29 is 22.7 Å². The third kappa shape index (κ3) is 9.23. The van der Waals surface area contributed by atoms with Crippen LogP contribution in [0.25, 0.3) is 0 Å². The number of methoxy groups -OCH3 is 1. The minimum atomic E-state index is -3.91. The molecule has 0 aliphatic heterocycles. The Balaban J connectivity index is 2.09. The number of aryl methyl sites for hydroxylation is 1. The first kappa shape index (κ1) is 32.0. The molecule has 3 rings (SSSR count). The highest BCUT2D eigenvalue weighted by atomic mass is 35.5. The molecule has 1 unspecified atom stereocenters. The van der Waals surface area contributed by atoms with Gasteiger partial charge in [-0.15, -0.1) is 0 Å². The van der Waals surface area contributed by atoms with Crippen molar-refractivity contribution in [3.05, 3.63) is 94.5 Å². The van der Waals surface area contributed by atoms with Gasteiger partial charge in [0.2, 0.25) is 21.8 Å². The van der Waals surface area contributed by atoms with Crippen molar-refractivity contribution in [2.75, 3.05) is 24.2 Å². The summed E-state index contributed by atoms with van der Waals surface area (Å²) in [6.45, 7) is 7.14. The molecular weight excluding hydrogens is 562 g/mol. The quantitative estimate of drug-likeness (QED) is 0.335. The lowest BCUT2D eigenvalue weighted by atomic mass is 10.0. The summed E-state index contributed by atoms with van der Waals surface area (Å²) in [5, 5.41) is 3.21. The number of ether oxygens (including phenoxy) is 1. The van der Waals surface area contributed by atoms with Gasteiger partial charge in [0.05, 0.1) is 24.1 Å². The lowest BCUT2D eigenvalue weighted by Crippen LogP contribution is -2.56. The van der Waals surface area contributed by atoms with E-state index in [0.29, 0.717) is 5.75 Å². The number of nitrogens with zero attached hydrogens (tertiary/aromatic N) is 2. The molecule has 0 aliphatic rings. The third-order valence-electron chi connectivity index (χ3n) is 6.31. The Labute approximate surface area is 248 Å². The molecule has 0 saturated heterocycles.